The lowest BCUT2D eigenvalue weighted by atomic mass is 10.2. The van der Waals surface area contributed by atoms with Crippen molar-refractivity contribution < 1.29 is 9.47 Å². The van der Waals surface area contributed by atoms with Gasteiger partial charge in [0.1, 0.15) is 23.9 Å². The van der Waals surface area contributed by atoms with E-state index in [1.165, 1.54) is 0 Å². The van der Waals surface area contributed by atoms with Crippen LogP contribution in [0.3, 0.4) is 0 Å². The smallest absolute Gasteiger partial charge is 0.126 e. The molecule has 0 aliphatic rings. The van der Waals surface area contributed by atoms with Gasteiger partial charge >= 0.3 is 0 Å². The number of pyridine rings is 1. The lowest BCUT2D eigenvalue weighted by Crippen LogP contribution is -1.99. The molecule has 20 heavy (non-hydrogen) atoms. The fourth-order valence-corrected chi connectivity index (χ4v) is 1.70. The average molecular weight is 269 g/mol. The molecule has 1 aromatic heterocycles. The molecule has 5 nitrogen and oxygen atoms in total. The summed E-state index contributed by atoms with van der Waals surface area (Å²) in [6.07, 6.45) is 1.72. The Hall–Kier alpha value is -2.74. The molecule has 0 spiro atoms. The van der Waals surface area contributed by atoms with Crippen LogP contribution in [0.5, 0.6) is 11.5 Å². The quantitative estimate of drug-likeness (QED) is 0.903. The molecule has 0 aliphatic carbocycles. The first-order valence-corrected chi connectivity index (χ1v) is 6.10. The molecule has 0 fully saturated rings. The zero-order valence-electron chi connectivity index (χ0n) is 11.4. The van der Waals surface area contributed by atoms with Gasteiger partial charge in [0.2, 0.25) is 0 Å². The molecular formula is C15H15N3O2. The molecule has 1 N–H and O–H groups in total. The van der Waals surface area contributed by atoms with Gasteiger partial charge in [0.15, 0.2) is 0 Å². The highest BCUT2D eigenvalue weighted by Crippen LogP contribution is 2.23. The summed E-state index contributed by atoms with van der Waals surface area (Å²) in [6.45, 7) is 0.398. The lowest BCUT2D eigenvalue weighted by Gasteiger charge is -2.09. The van der Waals surface area contributed by atoms with Crippen LogP contribution in [0, 0.1) is 11.3 Å². The number of hydrogen-bond acceptors (Lipinski definition) is 5. The average Bonchev–Trinajstić information content (AvgIpc) is 2.52. The number of anilines is 1. The Kier molecular flexibility index (Phi) is 4.40. The van der Waals surface area contributed by atoms with Crippen molar-refractivity contribution in [3.63, 3.8) is 0 Å². The molecule has 0 saturated carbocycles. The van der Waals surface area contributed by atoms with Crippen molar-refractivity contribution in [2.24, 2.45) is 0 Å². The number of benzene rings is 1. The van der Waals surface area contributed by atoms with Crippen LogP contribution in [-0.4, -0.2) is 19.1 Å². The highest BCUT2D eigenvalue weighted by atomic mass is 16.5. The van der Waals surface area contributed by atoms with E-state index in [0.29, 0.717) is 23.7 Å². The number of nitriles is 1. The molecule has 0 amide bonds. The van der Waals surface area contributed by atoms with Crippen molar-refractivity contribution in [2.45, 2.75) is 6.61 Å². The van der Waals surface area contributed by atoms with Crippen LogP contribution in [-0.2, 0) is 6.61 Å². The molecule has 0 unspecified atom stereocenters. The largest absolute Gasteiger partial charge is 0.497 e. The fourth-order valence-electron chi connectivity index (χ4n) is 1.70. The monoisotopic (exact) mass is 269 g/mol. The Morgan fingerprint density at radius 3 is 2.75 bits per heavy atom. The molecule has 1 heterocycles. The van der Waals surface area contributed by atoms with Crippen LogP contribution in [0.15, 0.2) is 36.5 Å². The van der Waals surface area contributed by atoms with E-state index < -0.39 is 0 Å². The van der Waals surface area contributed by atoms with E-state index in [1.807, 2.05) is 19.2 Å². The van der Waals surface area contributed by atoms with Crippen LogP contribution in [0.1, 0.15) is 11.1 Å². The minimum atomic E-state index is 0.398. The van der Waals surface area contributed by atoms with Gasteiger partial charge in [-0.2, -0.15) is 5.26 Å². The molecule has 102 valence electrons. The van der Waals surface area contributed by atoms with Crippen molar-refractivity contribution in [1.82, 2.24) is 4.98 Å². The van der Waals surface area contributed by atoms with E-state index in [1.54, 1.807) is 31.5 Å². The third-order valence-corrected chi connectivity index (χ3v) is 2.73. The van der Waals surface area contributed by atoms with Gasteiger partial charge in [0.25, 0.3) is 0 Å². The molecular weight excluding hydrogens is 254 g/mol. The Morgan fingerprint density at radius 2 is 2.05 bits per heavy atom. The second-order valence-corrected chi connectivity index (χ2v) is 4.10. The van der Waals surface area contributed by atoms with Gasteiger partial charge < -0.3 is 14.8 Å². The number of methoxy groups -OCH3 is 1. The van der Waals surface area contributed by atoms with E-state index in [0.717, 1.165) is 11.4 Å². The number of rotatable bonds is 5. The molecule has 5 heteroatoms. The molecule has 0 aliphatic heterocycles. The van der Waals surface area contributed by atoms with E-state index in [-0.39, 0.29) is 0 Å². The van der Waals surface area contributed by atoms with Crippen molar-refractivity contribution in [2.75, 3.05) is 19.5 Å². The molecule has 0 radical (unpaired) electrons. The molecule has 0 saturated heterocycles. The maximum atomic E-state index is 8.96. The van der Waals surface area contributed by atoms with Gasteiger partial charge in [0, 0.05) is 19.3 Å². The summed E-state index contributed by atoms with van der Waals surface area (Å²) in [6, 6.07) is 11.0. The minimum absolute atomic E-state index is 0.398. The summed E-state index contributed by atoms with van der Waals surface area (Å²) in [4.78, 5) is 4.14. The van der Waals surface area contributed by atoms with Crippen LogP contribution in [0.4, 0.5) is 5.82 Å². The summed E-state index contributed by atoms with van der Waals surface area (Å²) < 4.78 is 10.8. The summed E-state index contributed by atoms with van der Waals surface area (Å²) in [7, 11) is 3.37. The van der Waals surface area contributed by atoms with Gasteiger partial charge in [-0.1, -0.05) is 0 Å². The van der Waals surface area contributed by atoms with Gasteiger partial charge in [0.05, 0.1) is 18.7 Å². The van der Waals surface area contributed by atoms with Crippen molar-refractivity contribution >= 4 is 5.82 Å². The molecule has 0 atom stereocenters. The molecule has 2 rings (SSSR count). The zero-order valence-corrected chi connectivity index (χ0v) is 11.4. The van der Waals surface area contributed by atoms with Crippen LogP contribution in [0.2, 0.25) is 0 Å². The first-order chi connectivity index (χ1) is 9.75. The summed E-state index contributed by atoms with van der Waals surface area (Å²) in [5.41, 5.74) is 1.50. The number of aromatic nitrogens is 1. The Morgan fingerprint density at radius 1 is 1.25 bits per heavy atom. The van der Waals surface area contributed by atoms with E-state index in [2.05, 4.69) is 16.4 Å². The maximum absolute atomic E-state index is 8.96. The Bertz CT molecular complexity index is 635. The summed E-state index contributed by atoms with van der Waals surface area (Å²) in [5, 5.41) is 11.9. The van der Waals surface area contributed by atoms with Crippen molar-refractivity contribution in [3.8, 4) is 17.6 Å². The first kappa shape index (κ1) is 13.7. The Balaban J connectivity index is 2.12. The SMILES string of the molecule is CNc1cc(COc2cc(C#N)cc(OC)c2)ccn1. The van der Waals surface area contributed by atoms with Crippen molar-refractivity contribution in [3.05, 3.63) is 47.7 Å². The highest BCUT2D eigenvalue weighted by Gasteiger charge is 2.03. The van der Waals surface area contributed by atoms with E-state index >= 15 is 0 Å². The highest BCUT2D eigenvalue weighted by molar-refractivity contribution is 5.44. The molecule has 1 aromatic carbocycles. The normalized spacial score (nSPS) is 9.65. The van der Waals surface area contributed by atoms with Gasteiger partial charge in [-0.15, -0.1) is 0 Å². The molecule has 2 aromatic rings. The lowest BCUT2D eigenvalue weighted by molar-refractivity contribution is 0.303. The van der Waals surface area contributed by atoms with Gasteiger partial charge in [-0.05, 0) is 29.8 Å². The Labute approximate surface area is 117 Å². The van der Waals surface area contributed by atoms with Gasteiger partial charge in [-0.25, -0.2) is 4.98 Å². The summed E-state index contributed by atoms with van der Waals surface area (Å²) in [5.74, 6) is 1.99. The first-order valence-electron chi connectivity index (χ1n) is 6.10. The number of nitrogens with one attached hydrogen (secondary N) is 1. The predicted molar refractivity (Wildman–Crippen MR) is 75.8 cm³/mol. The van der Waals surface area contributed by atoms with Crippen LogP contribution in [0.25, 0.3) is 0 Å². The number of hydrogen-bond donors (Lipinski definition) is 1. The number of ether oxygens (including phenoxy) is 2. The predicted octanol–water partition coefficient (Wildman–Crippen LogP) is 2.58. The fraction of sp³-hybridized carbons (Fsp3) is 0.200. The second-order valence-electron chi connectivity index (χ2n) is 4.10. The topological polar surface area (TPSA) is 67.2 Å². The van der Waals surface area contributed by atoms with E-state index in [9.17, 15) is 0 Å². The number of nitrogens with zero attached hydrogens (tertiary/aromatic N) is 2. The van der Waals surface area contributed by atoms with Gasteiger partial charge in [-0.3, -0.25) is 0 Å². The third kappa shape index (κ3) is 3.39. The minimum Gasteiger partial charge on any atom is -0.497 e. The summed E-state index contributed by atoms with van der Waals surface area (Å²) >= 11 is 0. The second kappa shape index (κ2) is 6.43. The van der Waals surface area contributed by atoms with Crippen LogP contribution < -0.4 is 14.8 Å². The van der Waals surface area contributed by atoms with Crippen molar-refractivity contribution in [1.29, 1.82) is 5.26 Å². The maximum Gasteiger partial charge on any atom is 0.126 e. The van der Waals surface area contributed by atoms with Crippen LogP contribution >= 0.6 is 0 Å². The molecule has 0 bridgehead atoms. The van der Waals surface area contributed by atoms with E-state index in [4.69, 9.17) is 14.7 Å². The standard InChI is InChI=1S/C15H15N3O2/c1-17-15-7-11(3-4-18-15)10-20-14-6-12(9-16)5-13(8-14)19-2/h3-8H,10H2,1-2H3,(H,17,18). The third-order valence-electron chi connectivity index (χ3n) is 2.73. The zero-order chi connectivity index (χ0) is 14.4.